The first-order valence-electron chi connectivity index (χ1n) is 9.73. The van der Waals surface area contributed by atoms with E-state index in [0.29, 0.717) is 13.0 Å². The van der Waals surface area contributed by atoms with Gasteiger partial charge in [-0.15, -0.1) is 0 Å². The van der Waals surface area contributed by atoms with E-state index in [1.165, 1.54) is 0 Å². The Labute approximate surface area is 160 Å². The highest BCUT2D eigenvalue weighted by Crippen LogP contribution is 2.25. The van der Waals surface area contributed by atoms with Crippen molar-refractivity contribution in [2.75, 3.05) is 24.5 Å². The summed E-state index contributed by atoms with van der Waals surface area (Å²) in [5, 5.41) is 6.13. The van der Waals surface area contributed by atoms with Crippen LogP contribution >= 0.6 is 0 Å². The van der Waals surface area contributed by atoms with Crippen molar-refractivity contribution in [3.05, 3.63) is 24.5 Å². The molecule has 148 valence electrons. The highest BCUT2D eigenvalue weighted by molar-refractivity contribution is 5.87. The number of ether oxygens (including phenoxy) is 1. The molecule has 2 atom stereocenters. The number of carbonyl (C=O) groups is 2. The van der Waals surface area contributed by atoms with Crippen LogP contribution in [0.15, 0.2) is 24.5 Å². The third-order valence-corrected chi connectivity index (χ3v) is 5.12. The number of carbonyl (C=O) groups excluding carboxylic acids is 2. The van der Waals surface area contributed by atoms with Crippen LogP contribution in [0.5, 0.6) is 0 Å². The molecule has 2 fully saturated rings. The maximum Gasteiger partial charge on any atom is 0.407 e. The first-order chi connectivity index (χ1) is 12.8. The Morgan fingerprint density at radius 1 is 1.22 bits per heavy atom. The maximum atomic E-state index is 12.9. The second-order valence-corrected chi connectivity index (χ2v) is 8.41. The zero-order valence-electron chi connectivity index (χ0n) is 16.4. The van der Waals surface area contributed by atoms with Gasteiger partial charge in [0.2, 0.25) is 0 Å². The predicted molar refractivity (Wildman–Crippen MR) is 104 cm³/mol. The maximum absolute atomic E-state index is 12.9. The molecule has 2 saturated heterocycles. The van der Waals surface area contributed by atoms with E-state index in [4.69, 9.17) is 4.74 Å². The quantitative estimate of drug-likeness (QED) is 0.840. The second kappa shape index (κ2) is 8.25. The third kappa shape index (κ3) is 5.42. The number of rotatable bonds is 4. The van der Waals surface area contributed by atoms with E-state index in [0.717, 1.165) is 31.6 Å². The molecule has 2 aliphatic rings. The van der Waals surface area contributed by atoms with Gasteiger partial charge in [-0.2, -0.15) is 0 Å². The van der Waals surface area contributed by atoms with E-state index in [2.05, 4.69) is 20.5 Å². The lowest BCUT2D eigenvalue weighted by Crippen LogP contribution is -2.42. The van der Waals surface area contributed by atoms with E-state index in [1.807, 2.05) is 32.9 Å². The Morgan fingerprint density at radius 2 is 1.89 bits per heavy atom. The van der Waals surface area contributed by atoms with Gasteiger partial charge in [0.25, 0.3) is 0 Å². The van der Waals surface area contributed by atoms with Crippen LogP contribution in [0, 0.1) is 5.92 Å². The van der Waals surface area contributed by atoms with Gasteiger partial charge in [-0.3, -0.25) is 9.78 Å². The summed E-state index contributed by atoms with van der Waals surface area (Å²) >= 11 is 0. The number of ketones is 1. The fraction of sp³-hybridized carbons (Fsp3) is 0.650. The first-order valence-corrected chi connectivity index (χ1v) is 9.73. The van der Waals surface area contributed by atoms with Crippen molar-refractivity contribution in [3.8, 4) is 0 Å². The number of hydrogen-bond acceptors (Lipinski definition) is 6. The highest BCUT2D eigenvalue weighted by atomic mass is 16.6. The summed E-state index contributed by atoms with van der Waals surface area (Å²) in [6.45, 7) is 7.88. The molecule has 3 heterocycles. The van der Waals surface area contributed by atoms with E-state index in [9.17, 15) is 9.59 Å². The molecule has 1 amide bonds. The SMILES string of the molecule is CC(C)(C)OC(=O)NC1CNC(C(=O)C2CCN(c3ccncc3)CC2)C1. The predicted octanol–water partition coefficient (Wildman–Crippen LogP) is 2.12. The number of hydrogen-bond donors (Lipinski definition) is 2. The molecule has 2 unspecified atom stereocenters. The Kier molecular flexibility index (Phi) is 5.99. The molecule has 7 nitrogen and oxygen atoms in total. The van der Waals surface area contributed by atoms with Gasteiger partial charge >= 0.3 is 6.09 Å². The topological polar surface area (TPSA) is 83.6 Å². The molecule has 2 N–H and O–H groups in total. The highest BCUT2D eigenvalue weighted by Gasteiger charge is 2.36. The van der Waals surface area contributed by atoms with Crippen LogP contribution in [0.3, 0.4) is 0 Å². The summed E-state index contributed by atoms with van der Waals surface area (Å²) < 4.78 is 5.29. The van der Waals surface area contributed by atoms with Crippen molar-refractivity contribution in [2.24, 2.45) is 5.92 Å². The van der Waals surface area contributed by atoms with Crippen molar-refractivity contribution in [2.45, 2.75) is 57.7 Å². The zero-order valence-corrected chi connectivity index (χ0v) is 16.4. The number of aromatic nitrogens is 1. The fourth-order valence-corrected chi connectivity index (χ4v) is 3.80. The number of alkyl carbamates (subject to hydrolysis) is 1. The van der Waals surface area contributed by atoms with Crippen molar-refractivity contribution >= 4 is 17.6 Å². The smallest absolute Gasteiger partial charge is 0.407 e. The molecule has 0 radical (unpaired) electrons. The normalized spacial score (nSPS) is 23.9. The number of nitrogens with one attached hydrogen (secondary N) is 2. The first kappa shape index (κ1) is 19.6. The van der Waals surface area contributed by atoms with Crippen molar-refractivity contribution in [3.63, 3.8) is 0 Å². The van der Waals surface area contributed by atoms with E-state index in [1.54, 1.807) is 12.4 Å². The molecule has 0 aliphatic carbocycles. The fourth-order valence-electron chi connectivity index (χ4n) is 3.80. The van der Waals surface area contributed by atoms with Crippen LogP contribution in [0.2, 0.25) is 0 Å². The van der Waals surface area contributed by atoms with Gasteiger partial charge in [-0.25, -0.2) is 4.79 Å². The summed E-state index contributed by atoms with van der Waals surface area (Å²) in [5.41, 5.74) is 0.644. The minimum absolute atomic E-state index is 0.0642. The Bertz CT molecular complexity index is 651. The van der Waals surface area contributed by atoms with Gasteiger partial charge < -0.3 is 20.3 Å². The summed E-state index contributed by atoms with van der Waals surface area (Å²) in [5.74, 6) is 0.360. The van der Waals surface area contributed by atoms with Crippen LogP contribution in [0.4, 0.5) is 10.5 Å². The van der Waals surface area contributed by atoms with Gasteiger partial charge in [0.15, 0.2) is 5.78 Å². The average molecular weight is 374 g/mol. The molecule has 3 rings (SSSR count). The molecule has 1 aromatic rings. The lowest BCUT2D eigenvalue weighted by Gasteiger charge is -2.33. The molecular formula is C20H30N4O3. The molecule has 0 saturated carbocycles. The number of anilines is 1. The van der Waals surface area contributed by atoms with Crippen LogP contribution in [0.25, 0.3) is 0 Å². The monoisotopic (exact) mass is 374 g/mol. The van der Waals surface area contributed by atoms with Gasteiger partial charge in [-0.05, 0) is 52.2 Å². The minimum Gasteiger partial charge on any atom is -0.444 e. The van der Waals surface area contributed by atoms with E-state index in [-0.39, 0.29) is 23.8 Å². The van der Waals surface area contributed by atoms with Gasteiger partial charge in [-0.1, -0.05) is 0 Å². The largest absolute Gasteiger partial charge is 0.444 e. The lowest BCUT2D eigenvalue weighted by molar-refractivity contribution is -0.125. The second-order valence-electron chi connectivity index (χ2n) is 8.41. The Hall–Kier alpha value is -2.15. The zero-order chi connectivity index (χ0) is 19.4. The number of piperidine rings is 1. The number of amides is 1. The Morgan fingerprint density at radius 3 is 2.52 bits per heavy atom. The molecule has 0 spiro atoms. The lowest BCUT2D eigenvalue weighted by atomic mass is 9.88. The molecule has 1 aromatic heterocycles. The molecule has 0 bridgehead atoms. The number of pyridine rings is 1. The van der Waals surface area contributed by atoms with Crippen molar-refractivity contribution < 1.29 is 14.3 Å². The van der Waals surface area contributed by atoms with Crippen LogP contribution in [-0.4, -0.2) is 54.2 Å². The minimum atomic E-state index is -0.520. The third-order valence-electron chi connectivity index (χ3n) is 5.12. The van der Waals surface area contributed by atoms with E-state index >= 15 is 0 Å². The van der Waals surface area contributed by atoms with Gasteiger partial charge in [0.05, 0.1) is 6.04 Å². The van der Waals surface area contributed by atoms with Crippen LogP contribution in [0.1, 0.15) is 40.0 Å². The molecule has 7 heteroatoms. The van der Waals surface area contributed by atoms with Gasteiger partial charge in [0.1, 0.15) is 5.60 Å². The number of Topliss-reactive ketones (excluding diaryl/α,β-unsaturated/α-hetero) is 1. The summed E-state index contributed by atoms with van der Waals surface area (Å²) in [4.78, 5) is 31.1. The average Bonchev–Trinajstić information content (AvgIpc) is 3.08. The molecule has 2 aliphatic heterocycles. The summed E-state index contributed by atoms with van der Waals surface area (Å²) in [6, 6.07) is 3.77. The molecular weight excluding hydrogens is 344 g/mol. The number of nitrogens with zero attached hydrogens (tertiary/aromatic N) is 2. The van der Waals surface area contributed by atoms with Crippen molar-refractivity contribution in [1.29, 1.82) is 0 Å². The van der Waals surface area contributed by atoms with Crippen LogP contribution in [-0.2, 0) is 9.53 Å². The van der Waals surface area contributed by atoms with Gasteiger partial charge in [0, 0.05) is 49.7 Å². The van der Waals surface area contributed by atoms with E-state index < -0.39 is 11.7 Å². The molecule has 27 heavy (non-hydrogen) atoms. The molecule has 0 aromatic carbocycles. The summed E-state index contributed by atoms with van der Waals surface area (Å²) in [6.07, 6.45) is 5.53. The van der Waals surface area contributed by atoms with Crippen LogP contribution < -0.4 is 15.5 Å². The standard InChI is InChI=1S/C20H30N4O3/c1-20(2,3)27-19(26)23-15-12-17(22-13-15)18(25)14-6-10-24(11-7-14)16-4-8-21-9-5-16/h4-5,8-9,14-15,17,22H,6-7,10-13H2,1-3H3,(H,23,26). The Balaban J connectivity index is 1.45. The van der Waals surface area contributed by atoms with Crippen molar-refractivity contribution in [1.82, 2.24) is 15.6 Å². The summed E-state index contributed by atoms with van der Waals surface area (Å²) in [7, 11) is 0.